The van der Waals surface area contributed by atoms with E-state index in [0.29, 0.717) is 0 Å². The molecule has 2 unspecified atom stereocenters. The van der Waals surface area contributed by atoms with Crippen LogP contribution in [-0.4, -0.2) is 14.2 Å². The molecular formula is C60H50O2. The predicted molar refractivity (Wildman–Crippen MR) is 255 cm³/mol. The highest BCUT2D eigenvalue weighted by Gasteiger charge is 2.24. The summed E-state index contributed by atoms with van der Waals surface area (Å²) in [6, 6.07) is 88.2. The van der Waals surface area contributed by atoms with Crippen LogP contribution in [-0.2, 0) is 0 Å². The Hall–Kier alpha value is -7.42. The lowest BCUT2D eigenvalue weighted by atomic mass is 9.79. The topological polar surface area (TPSA) is 18.5 Å². The largest absolute Gasteiger partial charge is 0.497 e. The highest BCUT2D eigenvalue weighted by molar-refractivity contribution is 5.52. The second-order valence-corrected chi connectivity index (χ2v) is 15.9. The van der Waals surface area contributed by atoms with Crippen LogP contribution < -0.4 is 9.47 Å². The summed E-state index contributed by atoms with van der Waals surface area (Å²) in [5, 5.41) is 0. The van der Waals surface area contributed by atoms with Gasteiger partial charge in [0.1, 0.15) is 11.5 Å². The first kappa shape index (κ1) is 40.0. The van der Waals surface area contributed by atoms with Crippen molar-refractivity contribution < 1.29 is 9.47 Å². The third kappa shape index (κ3) is 8.73. The molecule has 0 radical (unpaired) electrons. The zero-order valence-corrected chi connectivity index (χ0v) is 35.2. The van der Waals surface area contributed by atoms with Crippen LogP contribution >= 0.6 is 0 Å². The average Bonchev–Trinajstić information content (AvgIpc) is 3.35. The lowest BCUT2D eigenvalue weighted by Gasteiger charge is -2.24. The fourth-order valence-corrected chi connectivity index (χ4v) is 9.13. The van der Waals surface area contributed by atoms with E-state index in [4.69, 9.17) is 9.47 Å². The molecule has 0 saturated carbocycles. The van der Waals surface area contributed by atoms with Gasteiger partial charge in [0.15, 0.2) is 0 Å². The molecule has 2 nitrogen and oxygen atoms in total. The van der Waals surface area contributed by atoms with Crippen LogP contribution in [0.3, 0.4) is 0 Å². The van der Waals surface area contributed by atoms with E-state index in [1.165, 1.54) is 66.8 Å². The molecule has 0 aliphatic carbocycles. The molecule has 0 aliphatic heterocycles. The van der Waals surface area contributed by atoms with Gasteiger partial charge < -0.3 is 9.47 Å². The predicted octanol–water partition coefficient (Wildman–Crippen LogP) is 14.4. The van der Waals surface area contributed by atoms with Crippen molar-refractivity contribution in [1.29, 1.82) is 0 Å². The highest BCUT2D eigenvalue weighted by atomic mass is 16.5. The Morgan fingerprint density at radius 2 is 0.339 bits per heavy atom. The molecule has 62 heavy (non-hydrogen) atoms. The minimum absolute atomic E-state index is 0.00590. The Bertz CT molecular complexity index is 2570. The average molecular weight is 803 g/mol. The molecule has 2 atom stereocenters. The molecule has 0 N–H and O–H groups in total. The summed E-state index contributed by atoms with van der Waals surface area (Å²) in [7, 11) is 3.43. The minimum Gasteiger partial charge on any atom is -0.497 e. The summed E-state index contributed by atoms with van der Waals surface area (Å²) in [4.78, 5) is 0. The van der Waals surface area contributed by atoms with Gasteiger partial charge in [0.25, 0.3) is 0 Å². The van der Waals surface area contributed by atoms with Gasteiger partial charge in [-0.1, -0.05) is 218 Å². The third-order valence-corrected chi connectivity index (χ3v) is 12.2. The van der Waals surface area contributed by atoms with Crippen molar-refractivity contribution in [2.24, 2.45) is 0 Å². The van der Waals surface area contributed by atoms with Gasteiger partial charge in [0.2, 0.25) is 0 Å². The summed E-state index contributed by atoms with van der Waals surface area (Å²) >= 11 is 0. The van der Waals surface area contributed by atoms with E-state index < -0.39 is 0 Å². The molecule has 0 heterocycles. The number of benzene rings is 9. The Balaban J connectivity index is 1.13. The number of ether oxygens (including phenoxy) is 2. The first-order valence-electron chi connectivity index (χ1n) is 21.4. The summed E-state index contributed by atoms with van der Waals surface area (Å²) in [6.07, 6.45) is 0. The highest BCUT2D eigenvalue weighted by Crippen LogP contribution is 2.40. The van der Waals surface area contributed by atoms with Crippen LogP contribution in [0.4, 0.5) is 0 Å². The van der Waals surface area contributed by atoms with Gasteiger partial charge in [-0.3, -0.25) is 0 Å². The molecule has 0 bridgehead atoms. The standard InChI is InChI=1S/C60H50O2/c1-61-55-39-35-53(36-40-55)58(45-19-11-5-12-20-45)48-25-31-51(32-26-48)60(50-29-23-47(24-30-50)57(43-15-7-3-8-16-43)44-17-9-4-10-18-44)52-33-27-49(28-34-52)59(46-21-13-6-14-22-46)54-37-41-56(62-2)42-38-54/h3-42,57-60H,1-2H3. The molecule has 2 heteroatoms. The van der Waals surface area contributed by atoms with Gasteiger partial charge in [0.05, 0.1) is 14.2 Å². The normalized spacial score (nSPS) is 12.6. The van der Waals surface area contributed by atoms with Gasteiger partial charge in [-0.05, 0) is 91.0 Å². The number of hydrogen-bond acceptors (Lipinski definition) is 2. The maximum atomic E-state index is 5.52. The summed E-state index contributed by atoms with van der Waals surface area (Å²) in [5.41, 5.74) is 15.0. The Labute approximate surface area is 366 Å². The van der Waals surface area contributed by atoms with Crippen LogP contribution in [0, 0.1) is 0 Å². The second-order valence-electron chi connectivity index (χ2n) is 15.9. The van der Waals surface area contributed by atoms with E-state index in [0.717, 1.165) is 11.5 Å². The third-order valence-electron chi connectivity index (χ3n) is 12.2. The van der Waals surface area contributed by atoms with Crippen LogP contribution in [0.5, 0.6) is 11.5 Å². The molecule has 9 aromatic carbocycles. The number of hydrogen-bond donors (Lipinski definition) is 0. The van der Waals surface area contributed by atoms with Crippen LogP contribution in [0.15, 0.2) is 243 Å². The lowest BCUT2D eigenvalue weighted by Crippen LogP contribution is -2.08. The maximum Gasteiger partial charge on any atom is 0.118 e. The van der Waals surface area contributed by atoms with Crippen molar-refractivity contribution in [2.45, 2.75) is 23.7 Å². The van der Waals surface area contributed by atoms with Crippen molar-refractivity contribution in [3.8, 4) is 11.5 Å². The van der Waals surface area contributed by atoms with Crippen LogP contribution in [0.2, 0.25) is 0 Å². The first-order valence-corrected chi connectivity index (χ1v) is 21.4. The molecule has 9 rings (SSSR count). The molecule has 9 aromatic rings. The fraction of sp³-hybridized carbons (Fsp3) is 0.100. The summed E-state index contributed by atoms with van der Waals surface area (Å²) in [6.45, 7) is 0. The summed E-state index contributed by atoms with van der Waals surface area (Å²) < 4.78 is 11.0. The van der Waals surface area contributed by atoms with Crippen molar-refractivity contribution >= 4 is 0 Å². The minimum atomic E-state index is 0.00590. The molecule has 0 saturated heterocycles. The van der Waals surface area contributed by atoms with Gasteiger partial charge in [0, 0.05) is 23.7 Å². The van der Waals surface area contributed by atoms with Gasteiger partial charge in [-0.2, -0.15) is 0 Å². The van der Waals surface area contributed by atoms with Gasteiger partial charge in [-0.25, -0.2) is 0 Å². The SMILES string of the molecule is COc1ccc(C(c2ccccc2)c2ccc(C(c3ccc(C(c4ccccc4)c4ccccc4)cc3)c3ccc(C(c4ccccc4)c4ccc(OC)cc4)cc3)cc2)cc1. The second kappa shape index (κ2) is 18.9. The van der Waals surface area contributed by atoms with Crippen molar-refractivity contribution in [3.63, 3.8) is 0 Å². The zero-order chi connectivity index (χ0) is 42.1. The monoisotopic (exact) mass is 802 g/mol. The smallest absolute Gasteiger partial charge is 0.118 e. The van der Waals surface area contributed by atoms with E-state index in [-0.39, 0.29) is 23.7 Å². The van der Waals surface area contributed by atoms with E-state index in [1.807, 2.05) is 0 Å². The van der Waals surface area contributed by atoms with Crippen molar-refractivity contribution in [2.75, 3.05) is 14.2 Å². The molecule has 0 aromatic heterocycles. The zero-order valence-electron chi connectivity index (χ0n) is 35.2. The first-order chi connectivity index (χ1) is 30.7. The van der Waals surface area contributed by atoms with Crippen LogP contribution in [0.1, 0.15) is 90.4 Å². The Morgan fingerprint density at radius 3 is 0.500 bits per heavy atom. The van der Waals surface area contributed by atoms with Crippen LogP contribution in [0.25, 0.3) is 0 Å². The fourth-order valence-electron chi connectivity index (χ4n) is 9.13. The van der Waals surface area contributed by atoms with E-state index >= 15 is 0 Å². The van der Waals surface area contributed by atoms with Crippen molar-refractivity contribution in [1.82, 2.24) is 0 Å². The van der Waals surface area contributed by atoms with Gasteiger partial charge in [-0.15, -0.1) is 0 Å². The van der Waals surface area contributed by atoms with E-state index in [2.05, 4.69) is 243 Å². The number of rotatable bonds is 14. The van der Waals surface area contributed by atoms with Crippen molar-refractivity contribution in [3.05, 3.63) is 309 Å². The summed E-state index contributed by atoms with van der Waals surface area (Å²) in [5.74, 6) is 2.00. The quantitative estimate of drug-likeness (QED) is 0.102. The number of methoxy groups -OCH3 is 2. The maximum absolute atomic E-state index is 5.52. The molecule has 0 amide bonds. The molecule has 0 spiro atoms. The Morgan fingerprint density at radius 1 is 0.194 bits per heavy atom. The molecule has 0 aliphatic rings. The van der Waals surface area contributed by atoms with Gasteiger partial charge >= 0.3 is 0 Å². The molecule has 302 valence electrons. The van der Waals surface area contributed by atoms with E-state index in [9.17, 15) is 0 Å². The molecular weight excluding hydrogens is 753 g/mol. The lowest BCUT2D eigenvalue weighted by molar-refractivity contribution is 0.414. The Kier molecular flexibility index (Phi) is 12.2. The van der Waals surface area contributed by atoms with E-state index in [1.54, 1.807) is 14.2 Å². The molecule has 0 fully saturated rings.